The molecular weight excluding hydrogens is 642 g/mol. The Morgan fingerprint density at radius 1 is 0.347 bits per heavy atom. The smallest absolute Gasteiger partial charge is 0.171 e. The van der Waals surface area contributed by atoms with Gasteiger partial charge >= 0.3 is 0 Å². The monoisotopic (exact) mass is 674 g/mol. The number of hydrogen-bond donors (Lipinski definition) is 0. The van der Waals surface area contributed by atoms with Crippen LogP contribution in [0.3, 0.4) is 0 Å². The predicted octanol–water partition coefficient (Wildman–Crippen LogP) is 8.06. The van der Waals surface area contributed by atoms with Crippen molar-refractivity contribution < 1.29 is 13.5 Å². The highest BCUT2D eigenvalue weighted by molar-refractivity contribution is 7.85. The van der Waals surface area contributed by atoms with E-state index < -0.39 is 14.3 Å². The maximum atomic E-state index is 14.6. The van der Waals surface area contributed by atoms with E-state index in [2.05, 4.69) is 9.98 Å². The number of nitrogens with zero attached hydrogens (tertiary/aromatic N) is 2. The molecule has 0 saturated carbocycles. The first-order valence-corrected chi connectivity index (χ1v) is 19.3. The number of benzene rings is 6. The Labute approximate surface area is 286 Å². The van der Waals surface area contributed by atoms with E-state index >= 15 is 0 Å². The van der Waals surface area contributed by atoms with Gasteiger partial charge in [-0.2, -0.15) is 0 Å². The molecule has 238 valence electrons. The van der Waals surface area contributed by atoms with Crippen LogP contribution in [0.15, 0.2) is 196 Å². The zero-order valence-electron chi connectivity index (χ0n) is 26.5. The second kappa shape index (κ2) is 14.3. The molecule has 0 aliphatic heterocycles. The summed E-state index contributed by atoms with van der Waals surface area (Å²) in [4.78, 5) is 9.16. The Kier molecular flexibility index (Phi) is 9.30. The van der Waals surface area contributed by atoms with Crippen LogP contribution in [0.4, 0.5) is 11.4 Å². The molecule has 0 radical (unpaired) electrons. The van der Waals surface area contributed by atoms with Crippen molar-refractivity contribution in [3.05, 3.63) is 194 Å². The molecule has 0 atom stereocenters. The fourth-order valence-corrected chi connectivity index (χ4v) is 11.0. The minimum Gasteiger partial charge on any atom is -0.454 e. The third kappa shape index (κ3) is 6.73. The Bertz CT molecular complexity index is 2050. The minimum absolute atomic E-state index is 0.576. The van der Waals surface area contributed by atoms with E-state index in [1.54, 1.807) is 12.4 Å². The van der Waals surface area contributed by atoms with Crippen molar-refractivity contribution in [3.63, 3.8) is 0 Å². The van der Waals surface area contributed by atoms with Crippen LogP contribution in [0, 0.1) is 0 Å². The first-order chi connectivity index (χ1) is 24.0. The summed E-state index contributed by atoms with van der Waals surface area (Å²) in [6, 6.07) is 57.1. The molecule has 0 bridgehead atoms. The largest absolute Gasteiger partial charge is 0.454 e. The van der Waals surface area contributed by atoms with E-state index in [0.29, 0.717) is 22.9 Å². The van der Waals surface area contributed by atoms with Crippen LogP contribution in [0.1, 0.15) is 11.5 Å². The van der Waals surface area contributed by atoms with Crippen molar-refractivity contribution in [2.45, 2.75) is 0 Å². The number of hydrogen-bond acceptors (Lipinski definition) is 5. The van der Waals surface area contributed by atoms with E-state index in [4.69, 9.17) is 4.42 Å². The number of rotatable bonds is 10. The third-order valence-electron chi connectivity index (χ3n) is 8.24. The van der Waals surface area contributed by atoms with Gasteiger partial charge in [0.05, 0.1) is 23.8 Å². The van der Waals surface area contributed by atoms with Gasteiger partial charge in [0.1, 0.15) is 11.5 Å². The van der Waals surface area contributed by atoms with Crippen molar-refractivity contribution in [1.29, 1.82) is 0 Å². The summed E-state index contributed by atoms with van der Waals surface area (Å²) >= 11 is 0. The van der Waals surface area contributed by atoms with Gasteiger partial charge in [-0.3, -0.25) is 9.98 Å². The predicted molar refractivity (Wildman–Crippen MR) is 205 cm³/mol. The fourth-order valence-electron chi connectivity index (χ4n) is 5.73. The summed E-state index contributed by atoms with van der Waals surface area (Å²) in [6.45, 7) is 0. The molecule has 0 spiro atoms. The molecule has 0 amide bonds. The lowest BCUT2D eigenvalue weighted by Crippen LogP contribution is -2.24. The molecule has 0 unspecified atom stereocenters. The molecule has 0 saturated heterocycles. The van der Waals surface area contributed by atoms with E-state index in [9.17, 15) is 9.13 Å². The summed E-state index contributed by atoms with van der Waals surface area (Å²) < 4.78 is 35.1. The molecule has 0 N–H and O–H groups in total. The standard InChI is InChI=1S/C42H32N2O3P2/c45-48(37-13-5-1-6-14-37,38-15-7-2-8-16-38)41-27-21-33(22-28-41)43-31-35-25-26-36(47-35)32-44-34-23-29-42(30-24-34)49(46,39-17-9-3-10-18-39)40-19-11-4-12-20-40/h1-32H. The highest BCUT2D eigenvalue weighted by Crippen LogP contribution is 2.43. The summed E-state index contributed by atoms with van der Waals surface area (Å²) in [6.07, 6.45) is 3.31. The molecule has 0 fully saturated rings. The van der Waals surface area contributed by atoms with Gasteiger partial charge in [0.15, 0.2) is 14.3 Å². The molecule has 1 aromatic heterocycles. The second-order valence-electron chi connectivity index (χ2n) is 11.4. The first-order valence-electron chi connectivity index (χ1n) is 15.9. The normalized spacial score (nSPS) is 12.1. The number of aliphatic imine (C=N–C) groups is 2. The topological polar surface area (TPSA) is 72.0 Å². The second-order valence-corrected chi connectivity index (χ2v) is 16.9. The van der Waals surface area contributed by atoms with Crippen LogP contribution >= 0.6 is 14.3 Å². The van der Waals surface area contributed by atoms with E-state index in [-0.39, 0.29) is 0 Å². The molecule has 7 heteroatoms. The van der Waals surface area contributed by atoms with Crippen LogP contribution < -0.4 is 31.8 Å². The van der Waals surface area contributed by atoms with Crippen LogP contribution in [0.25, 0.3) is 0 Å². The molecule has 6 aromatic carbocycles. The molecular formula is C42H32N2O3P2. The van der Waals surface area contributed by atoms with Gasteiger partial charge in [-0.05, 0) is 60.7 Å². The Morgan fingerprint density at radius 3 is 0.898 bits per heavy atom. The van der Waals surface area contributed by atoms with Gasteiger partial charge in [-0.1, -0.05) is 121 Å². The number of furan rings is 1. The summed E-state index contributed by atoms with van der Waals surface area (Å²) in [5.74, 6) is 1.15. The van der Waals surface area contributed by atoms with Crippen LogP contribution in [0.2, 0.25) is 0 Å². The van der Waals surface area contributed by atoms with Crippen LogP contribution in [-0.4, -0.2) is 12.4 Å². The highest BCUT2D eigenvalue weighted by Gasteiger charge is 2.30. The average Bonchev–Trinajstić information content (AvgIpc) is 3.65. The maximum Gasteiger partial charge on any atom is 0.171 e. The van der Waals surface area contributed by atoms with Crippen LogP contribution in [0.5, 0.6) is 0 Å². The Balaban J connectivity index is 1.06. The molecule has 49 heavy (non-hydrogen) atoms. The summed E-state index contributed by atoms with van der Waals surface area (Å²) in [7, 11) is -6.08. The van der Waals surface area contributed by atoms with Gasteiger partial charge < -0.3 is 13.5 Å². The third-order valence-corrected chi connectivity index (χ3v) is 14.4. The van der Waals surface area contributed by atoms with E-state index in [1.807, 2.05) is 182 Å². The summed E-state index contributed by atoms with van der Waals surface area (Å²) in [5, 5.41) is 4.65. The first kappa shape index (κ1) is 32.0. The quantitative estimate of drug-likeness (QED) is 0.109. The lowest BCUT2D eigenvalue weighted by Gasteiger charge is -2.20. The van der Waals surface area contributed by atoms with E-state index in [1.165, 1.54) is 0 Å². The van der Waals surface area contributed by atoms with E-state index in [0.717, 1.165) is 31.8 Å². The molecule has 0 aliphatic rings. The Hall–Kier alpha value is -5.60. The Morgan fingerprint density at radius 2 is 0.612 bits per heavy atom. The molecule has 5 nitrogen and oxygen atoms in total. The van der Waals surface area contributed by atoms with Gasteiger partial charge in [0.25, 0.3) is 0 Å². The van der Waals surface area contributed by atoms with Crippen molar-refractivity contribution in [1.82, 2.24) is 0 Å². The van der Waals surface area contributed by atoms with Crippen molar-refractivity contribution in [2.75, 3.05) is 0 Å². The fraction of sp³-hybridized carbons (Fsp3) is 0. The van der Waals surface area contributed by atoms with Gasteiger partial charge in [0, 0.05) is 31.8 Å². The molecule has 7 aromatic rings. The van der Waals surface area contributed by atoms with Crippen LogP contribution in [-0.2, 0) is 9.13 Å². The minimum atomic E-state index is -3.04. The average molecular weight is 675 g/mol. The zero-order chi connectivity index (χ0) is 33.5. The SMILES string of the molecule is O=P(c1ccccc1)(c1ccccc1)c1ccc(N=Cc2ccc(C=Nc3ccc(P(=O)(c4ccccc4)c4ccccc4)cc3)o2)cc1. The highest BCUT2D eigenvalue weighted by atomic mass is 31.2. The van der Waals surface area contributed by atoms with Gasteiger partial charge in [-0.15, -0.1) is 0 Å². The van der Waals surface area contributed by atoms with Gasteiger partial charge in [-0.25, -0.2) is 0 Å². The maximum absolute atomic E-state index is 14.6. The summed E-state index contributed by atoms with van der Waals surface area (Å²) in [5.41, 5.74) is 1.43. The molecule has 0 aliphatic carbocycles. The van der Waals surface area contributed by atoms with Crippen molar-refractivity contribution in [2.24, 2.45) is 9.98 Å². The van der Waals surface area contributed by atoms with Crippen molar-refractivity contribution >= 4 is 69.9 Å². The molecule has 1 heterocycles. The van der Waals surface area contributed by atoms with Crippen molar-refractivity contribution in [3.8, 4) is 0 Å². The lowest BCUT2D eigenvalue weighted by molar-refractivity contribution is 0.553. The van der Waals surface area contributed by atoms with Gasteiger partial charge in [0.2, 0.25) is 0 Å². The zero-order valence-corrected chi connectivity index (χ0v) is 28.3. The lowest BCUT2D eigenvalue weighted by atomic mass is 10.3. The molecule has 7 rings (SSSR count).